The highest BCUT2D eigenvalue weighted by Gasteiger charge is 2.17. The molecule has 46 heavy (non-hydrogen) atoms. The van der Waals surface area contributed by atoms with Crippen molar-refractivity contribution in [2.24, 2.45) is 11.5 Å². The third kappa shape index (κ3) is 7.77. The van der Waals surface area contributed by atoms with Crippen LogP contribution < -0.4 is 26.3 Å². The van der Waals surface area contributed by atoms with Gasteiger partial charge in [-0.15, -0.1) is 0 Å². The summed E-state index contributed by atoms with van der Waals surface area (Å²) in [5, 5.41) is 4.12. The molecule has 5 aromatic rings. The number of rotatable bonds is 13. The number of anilines is 2. The molecule has 0 aliphatic carbocycles. The summed E-state index contributed by atoms with van der Waals surface area (Å²) in [6.45, 7) is 3.39. The van der Waals surface area contributed by atoms with Crippen LogP contribution in [0.2, 0.25) is 0 Å². The maximum absolute atomic E-state index is 13.3. The van der Waals surface area contributed by atoms with Crippen LogP contribution in [0.25, 0.3) is 10.9 Å². The lowest BCUT2D eigenvalue weighted by Gasteiger charge is -2.18. The number of aromatic nitrogens is 1. The molecule has 236 valence electrons. The molecule has 5 rings (SSSR count). The van der Waals surface area contributed by atoms with Gasteiger partial charge in [0.15, 0.2) is 0 Å². The average molecular weight is 636 g/mol. The third-order valence-electron chi connectivity index (χ3n) is 7.46. The first kappa shape index (κ1) is 32.3. The van der Waals surface area contributed by atoms with E-state index in [1.807, 2.05) is 91.9 Å². The number of hydrogen-bond donors (Lipinski definition) is 3. The quantitative estimate of drug-likeness (QED) is 0.139. The fraction of sp³-hybridized carbons (Fsp3) is 0.194. The van der Waals surface area contributed by atoms with Crippen molar-refractivity contribution in [3.8, 4) is 11.5 Å². The molecule has 9 nitrogen and oxygen atoms in total. The van der Waals surface area contributed by atoms with Crippen molar-refractivity contribution in [2.45, 2.75) is 23.1 Å². The second kappa shape index (κ2) is 14.8. The highest BCUT2D eigenvalue weighted by molar-refractivity contribution is 7.99. The molecule has 0 spiro atoms. The van der Waals surface area contributed by atoms with Gasteiger partial charge in [0.1, 0.15) is 18.1 Å². The van der Waals surface area contributed by atoms with Gasteiger partial charge in [-0.2, -0.15) is 0 Å². The lowest BCUT2D eigenvalue weighted by atomic mass is 10.1. The van der Waals surface area contributed by atoms with Crippen LogP contribution >= 0.6 is 11.8 Å². The summed E-state index contributed by atoms with van der Waals surface area (Å²) in [5.74, 6) is 0.749. The van der Waals surface area contributed by atoms with Crippen molar-refractivity contribution in [3.05, 3.63) is 113 Å². The molecule has 0 fully saturated rings. The predicted molar refractivity (Wildman–Crippen MR) is 183 cm³/mol. The number of pyridine rings is 1. The van der Waals surface area contributed by atoms with E-state index in [2.05, 4.69) is 10.3 Å². The number of benzene rings is 4. The summed E-state index contributed by atoms with van der Waals surface area (Å²) in [5.41, 5.74) is 16.4. The van der Waals surface area contributed by atoms with E-state index in [-0.39, 0.29) is 11.5 Å². The lowest BCUT2D eigenvalue weighted by molar-refractivity contribution is 0.0773. The molecule has 0 bridgehead atoms. The Labute approximate surface area is 272 Å². The Morgan fingerprint density at radius 1 is 0.957 bits per heavy atom. The van der Waals surface area contributed by atoms with E-state index < -0.39 is 5.91 Å². The SMILES string of the molecule is COc1cccc(Nc2c(C(N)=O)cnc3c(C)cc(Sc4cccc(C(=O)N(C)CCOc5ccc(CCN)cc5)c4)cc23)c1. The molecule has 1 aromatic heterocycles. The van der Waals surface area contributed by atoms with Crippen molar-refractivity contribution in [2.75, 3.05) is 39.2 Å². The van der Waals surface area contributed by atoms with Crippen molar-refractivity contribution in [1.82, 2.24) is 9.88 Å². The van der Waals surface area contributed by atoms with Gasteiger partial charge in [-0.3, -0.25) is 14.6 Å². The number of carbonyl (C=O) groups excluding carboxylic acids is 2. The smallest absolute Gasteiger partial charge is 0.253 e. The molecule has 0 radical (unpaired) electrons. The number of nitrogens with one attached hydrogen (secondary N) is 1. The molecule has 10 heteroatoms. The molecule has 1 heterocycles. The summed E-state index contributed by atoms with van der Waals surface area (Å²) in [6, 6.07) is 26.8. The molecule has 0 saturated carbocycles. The maximum Gasteiger partial charge on any atom is 0.253 e. The third-order valence-corrected chi connectivity index (χ3v) is 8.42. The minimum Gasteiger partial charge on any atom is -0.497 e. The largest absolute Gasteiger partial charge is 0.497 e. The number of methoxy groups -OCH3 is 1. The summed E-state index contributed by atoms with van der Waals surface area (Å²) >= 11 is 1.52. The van der Waals surface area contributed by atoms with Crippen LogP contribution in [0.15, 0.2) is 101 Å². The van der Waals surface area contributed by atoms with Crippen LogP contribution in [0.1, 0.15) is 31.8 Å². The molecule has 0 aliphatic rings. The van der Waals surface area contributed by atoms with Gasteiger partial charge in [0.2, 0.25) is 0 Å². The first-order valence-corrected chi connectivity index (χ1v) is 15.7. The second-order valence-electron chi connectivity index (χ2n) is 10.8. The van der Waals surface area contributed by atoms with Crippen molar-refractivity contribution < 1.29 is 19.1 Å². The number of amides is 2. The first-order chi connectivity index (χ1) is 22.2. The van der Waals surface area contributed by atoms with Gasteiger partial charge >= 0.3 is 0 Å². The van der Waals surface area contributed by atoms with Gasteiger partial charge in [-0.25, -0.2) is 0 Å². The van der Waals surface area contributed by atoms with Gasteiger partial charge in [-0.05, 0) is 85.6 Å². The van der Waals surface area contributed by atoms with Gasteiger partial charge in [0.05, 0.1) is 30.4 Å². The van der Waals surface area contributed by atoms with Gasteiger partial charge in [-0.1, -0.05) is 36.0 Å². The van der Waals surface area contributed by atoms with Crippen LogP contribution in [0, 0.1) is 6.92 Å². The number of likely N-dealkylation sites (N-methyl/N-ethyl adjacent to an activating group) is 1. The Morgan fingerprint density at radius 2 is 1.74 bits per heavy atom. The first-order valence-electron chi connectivity index (χ1n) is 14.8. The monoisotopic (exact) mass is 635 g/mol. The zero-order valence-corrected chi connectivity index (χ0v) is 26.9. The molecule has 4 aromatic carbocycles. The highest BCUT2D eigenvalue weighted by Crippen LogP contribution is 2.37. The molecule has 0 saturated heterocycles. The second-order valence-corrected chi connectivity index (χ2v) is 11.9. The van der Waals surface area contributed by atoms with Crippen LogP contribution in [0.5, 0.6) is 11.5 Å². The van der Waals surface area contributed by atoms with E-state index >= 15 is 0 Å². The molecular weight excluding hydrogens is 598 g/mol. The number of aryl methyl sites for hydroxylation is 1. The zero-order chi connectivity index (χ0) is 32.6. The summed E-state index contributed by atoms with van der Waals surface area (Å²) in [6.07, 6.45) is 2.33. The maximum atomic E-state index is 13.3. The normalized spacial score (nSPS) is 10.9. The van der Waals surface area contributed by atoms with E-state index in [9.17, 15) is 9.59 Å². The Kier molecular flexibility index (Phi) is 10.4. The predicted octanol–water partition coefficient (Wildman–Crippen LogP) is 6.20. The molecule has 0 unspecified atom stereocenters. The van der Waals surface area contributed by atoms with Gasteiger partial charge in [0, 0.05) is 45.7 Å². The zero-order valence-electron chi connectivity index (χ0n) is 26.1. The van der Waals surface area contributed by atoms with Crippen LogP contribution in [-0.4, -0.2) is 55.6 Å². The standard InChI is InChI=1S/C36H37N5O4S/c1-23-18-30(21-31-33(23)39-22-32(35(38)42)34(31)40-26-7-5-8-28(20-26)44-3)46-29-9-4-6-25(19-29)36(43)41(2)16-17-45-27-12-10-24(11-13-27)14-15-37/h4-13,18-22H,14-17,37H2,1-3H3,(H2,38,42)(H,39,40). The summed E-state index contributed by atoms with van der Waals surface area (Å²) in [4.78, 5) is 33.7. The van der Waals surface area contributed by atoms with Crippen molar-refractivity contribution in [1.29, 1.82) is 0 Å². The molecule has 5 N–H and O–H groups in total. The molecule has 0 aliphatic heterocycles. The van der Waals surface area contributed by atoms with Crippen molar-refractivity contribution >= 4 is 45.9 Å². The average Bonchev–Trinajstić information content (AvgIpc) is 3.05. The Balaban J connectivity index is 1.33. The van der Waals surface area contributed by atoms with Gasteiger partial charge in [0.25, 0.3) is 11.8 Å². The molecular formula is C36H37N5O4S. The lowest BCUT2D eigenvalue weighted by Crippen LogP contribution is -2.30. The van der Waals surface area contributed by atoms with Crippen LogP contribution in [0.4, 0.5) is 11.4 Å². The minimum atomic E-state index is -0.586. The van der Waals surface area contributed by atoms with E-state index in [1.54, 1.807) is 19.1 Å². The number of carbonyl (C=O) groups is 2. The van der Waals surface area contributed by atoms with Crippen LogP contribution in [0.3, 0.4) is 0 Å². The van der Waals surface area contributed by atoms with E-state index in [0.717, 1.165) is 49.7 Å². The van der Waals surface area contributed by atoms with Gasteiger partial charge < -0.3 is 31.2 Å². The van der Waals surface area contributed by atoms with E-state index in [0.29, 0.717) is 36.7 Å². The molecule has 0 atom stereocenters. The minimum absolute atomic E-state index is 0.0980. The Hall–Kier alpha value is -5.06. The topological polar surface area (TPSA) is 133 Å². The number of primary amides is 1. The fourth-order valence-corrected chi connectivity index (χ4v) is 6.06. The molecule has 2 amide bonds. The number of nitrogens with two attached hydrogens (primary N) is 2. The number of nitrogens with zero attached hydrogens (tertiary/aromatic N) is 2. The highest BCUT2D eigenvalue weighted by atomic mass is 32.2. The Morgan fingerprint density at radius 3 is 2.48 bits per heavy atom. The number of fused-ring (bicyclic) bond motifs is 1. The summed E-state index contributed by atoms with van der Waals surface area (Å²) < 4.78 is 11.2. The summed E-state index contributed by atoms with van der Waals surface area (Å²) in [7, 11) is 3.37. The number of hydrogen-bond acceptors (Lipinski definition) is 8. The van der Waals surface area contributed by atoms with Crippen LogP contribution in [-0.2, 0) is 6.42 Å². The number of ether oxygens (including phenoxy) is 2. The Bertz CT molecular complexity index is 1860. The van der Waals surface area contributed by atoms with E-state index in [1.165, 1.54) is 18.0 Å². The van der Waals surface area contributed by atoms with Crippen molar-refractivity contribution in [3.63, 3.8) is 0 Å². The fourth-order valence-electron chi connectivity index (χ4n) is 5.04. The van der Waals surface area contributed by atoms with E-state index in [4.69, 9.17) is 20.9 Å².